The van der Waals surface area contributed by atoms with E-state index in [-0.39, 0.29) is 0 Å². The summed E-state index contributed by atoms with van der Waals surface area (Å²) in [6.45, 7) is 6.26. The zero-order valence-corrected chi connectivity index (χ0v) is 13.5. The van der Waals surface area contributed by atoms with Crippen LogP contribution in [0.15, 0.2) is 18.2 Å². The number of rotatable bonds is 2. The fourth-order valence-corrected chi connectivity index (χ4v) is 2.52. The van der Waals surface area contributed by atoms with Gasteiger partial charge in [0.15, 0.2) is 5.82 Å². The third-order valence-electron chi connectivity index (χ3n) is 2.98. The van der Waals surface area contributed by atoms with E-state index >= 15 is 0 Å². The molecule has 0 amide bonds. The van der Waals surface area contributed by atoms with Gasteiger partial charge in [0.1, 0.15) is 5.15 Å². The number of nitrogens with zero attached hydrogens (tertiary/aromatic N) is 2. The summed E-state index contributed by atoms with van der Waals surface area (Å²) in [5.74, 6) is 0.709. The third kappa shape index (κ3) is 2.67. The van der Waals surface area contributed by atoms with Crippen molar-refractivity contribution in [2.75, 3.05) is 0 Å². The lowest BCUT2D eigenvalue weighted by molar-refractivity contribution is 0.989. The van der Waals surface area contributed by atoms with Gasteiger partial charge in [-0.1, -0.05) is 30.7 Å². The first kappa shape index (κ1) is 13.7. The molecule has 0 radical (unpaired) electrons. The highest BCUT2D eigenvalue weighted by molar-refractivity contribution is 14.1. The zero-order valence-electron chi connectivity index (χ0n) is 10.6. The van der Waals surface area contributed by atoms with Gasteiger partial charge in [0, 0.05) is 5.56 Å². The van der Waals surface area contributed by atoms with Gasteiger partial charge in [-0.15, -0.1) is 0 Å². The highest BCUT2D eigenvalue weighted by Crippen LogP contribution is 2.25. The Morgan fingerprint density at radius 3 is 2.50 bits per heavy atom. The quantitative estimate of drug-likeness (QED) is 0.569. The smallest absolute Gasteiger partial charge is 0.161 e. The van der Waals surface area contributed by atoms with Crippen molar-refractivity contribution in [2.24, 2.45) is 0 Å². The van der Waals surface area contributed by atoms with Gasteiger partial charge in [-0.2, -0.15) is 0 Å². The van der Waals surface area contributed by atoms with E-state index in [2.05, 4.69) is 65.5 Å². The fourth-order valence-electron chi connectivity index (χ4n) is 1.71. The highest BCUT2D eigenvalue weighted by Gasteiger charge is 2.11. The SMILES string of the molecule is CCc1nc(-c2ccc(C)c(C)c2)nc(Cl)c1I. The Balaban J connectivity index is 2.57. The van der Waals surface area contributed by atoms with Crippen LogP contribution in [0.5, 0.6) is 0 Å². The molecule has 4 heteroatoms. The second-order valence-electron chi connectivity index (χ2n) is 4.25. The van der Waals surface area contributed by atoms with Gasteiger partial charge >= 0.3 is 0 Å². The average Bonchev–Trinajstić information content (AvgIpc) is 2.36. The van der Waals surface area contributed by atoms with Gasteiger partial charge in [0.05, 0.1) is 9.26 Å². The molecule has 18 heavy (non-hydrogen) atoms. The lowest BCUT2D eigenvalue weighted by Gasteiger charge is -2.08. The third-order valence-corrected chi connectivity index (χ3v) is 4.71. The maximum Gasteiger partial charge on any atom is 0.161 e. The Labute approximate surface area is 126 Å². The van der Waals surface area contributed by atoms with E-state index in [1.807, 2.05) is 6.07 Å². The molecular weight excluding hydrogens is 359 g/mol. The molecule has 2 aromatic rings. The van der Waals surface area contributed by atoms with Crippen LogP contribution in [-0.2, 0) is 6.42 Å². The first-order chi connectivity index (χ1) is 8.52. The number of hydrogen-bond acceptors (Lipinski definition) is 2. The monoisotopic (exact) mass is 372 g/mol. The normalized spacial score (nSPS) is 10.7. The molecule has 0 N–H and O–H groups in total. The van der Waals surface area contributed by atoms with Crippen LogP contribution in [0, 0.1) is 17.4 Å². The van der Waals surface area contributed by atoms with E-state index in [4.69, 9.17) is 11.6 Å². The lowest BCUT2D eigenvalue weighted by atomic mass is 10.1. The molecule has 0 spiro atoms. The molecule has 1 heterocycles. The van der Waals surface area contributed by atoms with Crippen molar-refractivity contribution in [3.05, 3.63) is 43.7 Å². The van der Waals surface area contributed by atoms with Gasteiger partial charge in [0.25, 0.3) is 0 Å². The number of aromatic nitrogens is 2. The molecule has 2 rings (SSSR count). The Morgan fingerprint density at radius 1 is 1.17 bits per heavy atom. The second kappa shape index (κ2) is 5.53. The Bertz CT molecular complexity index is 597. The number of aryl methyl sites for hydroxylation is 3. The standard InChI is InChI=1S/C14H14ClIN2/c1-4-11-12(16)13(15)18-14(17-11)10-6-5-8(2)9(3)7-10/h5-7H,4H2,1-3H3. The molecule has 0 saturated heterocycles. The maximum absolute atomic E-state index is 6.16. The lowest BCUT2D eigenvalue weighted by Crippen LogP contribution is -2.00. The predicted octanol–water partition coefficient (Wildman–Crippen LogP) is 4.58. The molecule has 0 aliphatic rings. The van der Waals surface area contributed by atoms with Crippen LogP contribution < -0.4 is 0 Å². The minimum atomic E-state index is 0.538. The van der Waals surface area contributed by atoms with Crippen molar-refractivity contribution in [3.63, 3.8) is 0 Å². The molecule has 0 unspecified atom stereocenters. The van der Waals surface area contributed by atoms with Crippen molar-refractivity contribution in [1.82, 2.24) is 9.97 Å². The second-order valence-corrected chi connectivity index (χ2v) is 5.69. The molecule has 0 atom stereocenters. The molecule has 1 aromatic heterocycles. The van der Waals surface area contributed by atoms with Gasteiger partial charge in [-0.05, 0) is 60.1 Å². The van der Waals surface area contributed by atoms with Crippen molar-refractivity contribution >= 4 is 34.2 Å². The predicted molar refractivity (Wildman–Crippen MR) is 84.0 cm³/mol. The molecular formula is C14H14ClIN2. The van der Waals surface area contributed by atoms with Crippen LogP contribution in [-0.4, -0.2) is 9.97 Å². The number of benzene rings is 1. The fraction of sp³-hybridized carbons (Fsp3) is 0.286. The summed E-state index contributed by atoms with van der Waals surface area (Å²) in [6.07, 6.45) is 0.859. The van der Waals surface area contributed by atoms with E-state index in [1.165, 1.54) is 11.1 Å². The summed E-state index contributed by atoms with van der Waals surface area (Å²) in [5, 5.41) is 0.538. The summed E-state index contributed by atoms with van der Waals surface area (Å²) >= 11 is 8.36. The summed E-state index contributed by atoms with van der Waals surface area (Å²) in [7, 11) is 0. The van der Waals surface area contributed by atoms with Crippen LogP contribution in [0.2, 0.25) is 5.15 Å². The molecule has 0 aliphatic carbocycles. The highest BCUT2D eigenvalue weighted by atomic mass is 127. The Kier molecular flexibility index (Phi) is 4.22. The summed E-state index contributed by atoms with van der Waals surface area (Å²) in [5.41, 5.74) is 4.53. The minimum Gasteiger partial charge on any atom is -0.232 e. The zero-order chi connectivity index (χ0) is 13.3. The molecule has 1 aromatic carbocycles. The maximum atomic E-state index is 6.16. The molecule has 0 saturated carbocycles. The Morgan fingerprint density at radius 2 is 1.89 bits per heavy atom. The van der Waals surface area contributed by atoms with Gasteiger partial charge in [0.2, 0.25) is 0 Å². The van der Waals surface area contributed by atoms with E-state index in [9.17, 15) is 0 Å². The van der Waals surface area contributed by atoms with Crippen molar-refractivity contribution in [3.8, 4) is 11.4 Å². The topological polar surface area (TPSA) is 25.8 Å². The molecule has 94 valence electrons. The Hall–Kier alpha value is -0.680. The number of hydrogen-bond donors (Lipinski definition) is 0. The summed E-state index contributed by atoms with van der Waals surface area (Å²) in [4.78, 5) is 8.96. The van der Waals surface area contributed by atoms with Gasteiger partial charge < -0.3 is 0 Å². The van der Waals surface area contributed by atoms with Crippen molar-refractivity contribution in [1.29, 1.82) is 0 Å². The minimum absolute atomic E-state index is 0.538. The van der Waals surface area contributed by atoms with Gasteiger partial charge in [-0.25, -0.2) is 9.97 Å². The first-order valence-corrected chi connectivity index (χ1v) is 7.28. The van der Waals surface area contributed by atoms with Crippen LogP contribution >= 0.6 is 34.2 Å². The average molecular weight is 373 g/mol. The molecule has 0 fully saturated rings. The van der Waals surface area contributed by atoms with Crippen LogP contribution in [0.4, 0.5) is 0 Å². The molecule has 0 aliphatic heterocycles. The van der Waals surface area contributed by atoms with Crippen LogP contribution in [0.1, 0.15) is 23.7 Å². The van der Waals surface area contributed by atoms with E-state index in [1.54, 1.807) is 0 Å². The summed E-state index contributed by atoms with van der Waals surface area (Å²) in [6, 6.07) is 6.24. The summed E-state index contributed by atoms with van der Waals surface area (Å²) < 4.78 is 0.948. The van der Waals surface area contributed by atoms with E-state index < -0.39 is 0 Å². The van der Waals surface area contributed by atoms with E-state index in [0.29, 0.717) is 11.0 Å². The van der Waals surface area contributed by atoms with Crippen molar-refractivity contribution < 1.29 is 0 Å². The molecule has 0 bridgehead atoms. The van der Waals surface area contributed by atoms with Gasteiger partial charge in [-0.3, -0.25) is 0 Å². The number of halogens is 2. The van der Waals surface area contributed by atoms with E-state index in [0.717, 1.165) is 21.2 Å². The molecule has 2 nitrogen and oxygen atoms in total. The van der Waals surface area contributed by atoms with Crippen LogP contribution in [0.25, 0.3) is 11.4 Å². The van der Waals surface area contributed by atoms with Crippen LogP contribution in [0.3, 0.4) is 0 Å². The first-order valence-electron chi connectivity index (χ1n) is 5.82. The largest absolute Gasteiger partial charge is 0.232 e. The van der Waals surface area contributed by atoms with Crippen molar-refractivity contribution in [2.45, 2.75) is 27.2 Å².